The van der Waals surface area contributed by atoms with E-state index in [4.69, 9.17) is 21.8 Å². The molecule has 1 amide bonds. The number of nitrogens with zero attached hydrogens (tertiary/aromatic N) is 2. The van der Waals surface area contributed by atoms with Gasteiger partial charge < -0.3 is 20.2 Å². The molecular formula is C19H24BrClN4O3S. The van der Waals surface area contributed by atoms with Crippen LogP contribution in [0.15, 0.2) is 26.4 Å². The molecular weight excluding hydrogens is 480 g/mol. The second-order valence-corrected chi connectivity index (χ2v) is 9.24. The van der Waals surface area contributed by atoms with Gasteiger partial charge in [-0.05, 0) is 66.2 Å². The summed E-state index contributed by atoms with van der Waals surface area (Å²) in [6.07, 6.45) is 1.12. The third-order valence-electron chi connectivity index (χ3n) is 3.41. The lowest BCUT2D eigenvalue weighted by molar-refractivity contribution is 0.0600. The zero-order valence-corrected chi connectivity index (χ0v) is 19.9. The molecule has 0 aliphatic heterocycles. The first kappa shape index (κ1) is 23.4. The van der Waals surface area contributed by atoms with E-state index in [1.54, 1.807) is 32.1 Å². The minimum atomic E-state index is -0.725. The number of nitrogens with one attached hydrogen (secondary N) is 1. The molecule has 3 heterocycles. The molecule has 158 valence electrons. The van der Waals surface area contributed by atoms with Crippen LogP contribution >= 0.6 is 38.9 Å². The molecule has 0 aromatic carbocycles. The first-order chi connectivity index (χ1) is 13.6. The number of ether oxygens (including phenoxy) is 1. The van der Waals surface area contributed by atoms with Gasteiger partial charge in [-0.25, -0.2) is 9.78 Å². The third-order valence-corrected chi connectivity index (χ3v) is 5.27. The topological polar surface area (TPSA) is 103 Å². The molecule has 0 fully saturated rings. The van der Waals surface area contributed by atoms with Crippen LogP contribution in [-0.4, -0.2) is 21.7 Å². The molecule has 0 unspecified atom stereocenters. The maximum atomic E-state index is 10.0. The number of hydrogen-bond donors (Lipinski definition) is 2. The number of aromatic nitrogens is 2. The fraction of sp³-hybridized carbons (Fsp3) is 0.421. The van der Waals surface area contributed by atoms with Crippen molar-refractivity contribution in [2.75, 3.05) is 5.32 Å². The van der Waals surface area contributed by atoms with Gasteiger partial charge in [0.05, 0.1) is 11.0 Å². The normalized spacial score (nSPS) is 11.1. The van der Waals surface area contributed by atoms with Crippen LogP contribution in [0.2, 0.25) is 5.28 Å². The molecule has 0 saturated carbocycles. The van der Waals surface area contributed by atoms with Crippen molar-refractivity contribution in [3.05, 3.63) is 37.9 Å². The van der Waals surface area contributed by atoms with Crippen molar-refractivity contribution in [2.24, 2.45) is 5.73 Å². The molecule has 0 spiro atoms. The molecule has 3 aromatic rings. The molecule has 3 aromatic heterocycles. The highest BCUT2D eigenvalue weighted by molar-refractivity contribution is 9.10. The maximum Gasteiger partial charge on any atom is 0.405 e. The Morgan fingerprint density at radius 3 is 2.66 bits per heavy atom. The highest BCUT2D eigenvalue weighted by Crippen LogP contribution is 2.34. The molecule has 3 rings (SSSR count). The van der Waals surface area contributed by atoms with Crippen LogP contribution in [-0.2, 0) is 17.7 Å². The van der Waals surface area contributed by atoms with E-state index in [0.29, 0.717) is 23.5 Å². The predicted octanol–water partition coefficient (Wildman–Crippen LogP) is 6.15. The highest BCUT2D eigenvalue weighted by atomic mass is 79.9. The smallest absolute Gasteiger partial charge is 0.405 e. The van der Waals surface area contributed by atoms with Crippen molar-refractivity contribution < 1.29 is 13.9 Å². The number of amides is 1. The Labute approximate surface area is 187 Å². The lowest BCUT2D eigenvalue weighted by Gasteiger charge is -2.16. The van der Waals surface area contributed by atoms with E-state index in [1.807, 2.05) is 11.4 Å². The molecule has 29 heavy (non-hydrogen) atoms. The van der Waals surface area contributed by atoms with Gasteiger partial charge in [0.15, 0.2) is 11.4 Å². The SMILES string of the molecule is CC(C)(C)OC(N)=O.CCCc1oc2c(NCc3cccs3)nc(Cl)nc2c1Br. The number of thiophene rings is 1. The summed E-state index contributed by atoms with van der Waals surface area (Å²) in [6, 6.07) is 4.09. The second kappa shape index (κ2) is 10.3. The monoisotopic (exact) mass is 502 g/mol. The Morgan fingerprint density at radius 1 is 1.41 bits per heavy atom. The molecule has 0 bridgehead atoms. The van der Waals surface area contributed by atoms with Crippen LogP contribution in [0.25, 0.3) is 11.1 Å². The van der Waals surface area contributed by atoms with Gasteiger partial charge in [-0.3, -0.25) is 0 Å². The van der Waals surface area contributed by atoms with E-state index >= 15 is 0 Å². The van der Waals surface area contributed by atoms with Crippen molar-refractivity contribution in [2.45, 2.75) is 52.7 Å². The number of nitrogens with two attached hydrogens (primary N) is 1. The van der Waals surface area contributed by atoms with Crippen LogP contribution < -0.4 is 11.1 Å². The zero-order chi connectivity index (χ0) is 21.6. The molecule has 0 atom stereocenters. The summed E-state index contributed by atoms with van der Waals surface area (Å²) < 4.78 is 11.3. The minimum absolute atomic E-state index is 0.209. The van der Waals surface area contributed by atoms with Gasteiger partial charge >= 0.3 is 6.09 Å². The van der Waals surface area contributed by atoms with E-state index in [9.17, 15) is 4.79 Å². The standard InChI is InChI=1S/C14H13BrClN3OS.C5H11NO2/c1-2-4-9-10(15)11-12(20-9)13(19-14(16)18-11)17-7-8-5-3-6-21-8;1-5(2,3)8-4(6)7/h3,5-6H,2,4,7H2,1H3,(H,17,18,19);1-3H3,(H2,6,7). The van der Waals surface area contributed by atoms with Gasteiger partial charge in [-0.1, -0.05) is 13.0 Å². The summed E-state index contributed by atoms with van der Waals surface area (Å²) in [6.45, 7) is 8.07. The number of furan rings is 1. The number of halogens is 2. The fourth-order valence-corrected chi connectivity index (χ4v) is 3.72. The number of carbonyl (C=O) groups excluding carboxylic acids is 1. The average molecular weight is 504 g/mol. The Bertz CT molecular complexity index is 955. The predicted molar refractivity (Wildman–Crippen MR) is 121 cm³/mol. The number of carbonyl (C=O) groups is 1. The van der Waals surface area contributed by atoms with E-state index < -0.39 is 11.7 Å². The van der Waals surface area contributed by atoms with Gasteiger partial charge in [0.1, 0.15) is 16.9 Å². The average Bonchev–Trinajstić information content (AvgIpc) is 3.21. The van der Waals surface area contributed by atoms with Gasteiger partial charge in [0, 0.05) is 11.3 Å². The summed E-state index contributed by atoms with van der Waals surface area (Å²) in [7, 11) is 0. The maximum absolute atomic E-state index is 10.0. The number of rotatable bonds is 5. The van der Waals surface area contributed by atoms with Gasteiger partial charge in [0.25, 0.3) is 0 Å². The van der Waals surface area contributed by atoms with E-state index in [2.05, 4.69) is 48.9 Å². The van der Waals surface area contributed by atoms with Crippen LogP contribution in [0.1, 0.15) is 44.8 Å². The zero-order valence-electron chi connectivity index (χ0n) is 16.7. The molecule has 0 aliphatic rings. The molecule has 0 saturated heterocycles. The van der Waals surface area contributed by atoms with Crippen LogP contribution in [0.4, 0.5) is 10.6 Å². The fourth-order valence-electron chi connectivity index (χ4n) is 2.36. The molecule has 3 N–H and O–H groups in total. The minimum Gasteiger partial charge on any atom is -0.454 e. The number of hydrogen-bond acceptors (Lipinski definition) is 7. The molecule has 0 aliphatic carbocycles. The van der Waals surface area contributed by atoms with Gasteiger partial charge in [-0.15, -0.1) is 11.3 Å². The molecule has 7 nitrogen and oxygen atoms in total. The highest BCUT2D eigenvalue weighted by Gasteiger charge is 2.18. The molecule has 10 heteroatoms. The number of fused-ring (bicyclic) bond motifs is 1. The number of primary amides is 1. The van der Waals surface area contributed by atoms with Gasteiger partial charge in [-0.2, -0.15) is 4.98 Å². The summed E-state index contributed by atoms with van der Waals surface area (Å²) in [4.78, 5) is 19.7. The summed E-state index contributed by atoms with van der Waals surface area (Å²) in [5, 5.41) is 5.53. The van der Waals surface area contributed by atoms with Crippen molar-refractivity contribution in [3.8, 4) is 0 Å². The summed E-state index contributed by atoms with van der Waals surface area (Å²) in [5.74, 6) is 1.50. The summed E-state index contributed by atoms with van der Waals surface area (Å²) >= 11 is 11.3. The summed E-state index contributed by atoms with van der Waals surface area (Å²) in [5.41, 5.74) is 5.62. The van der Waals surface area contributed by atoms with Crippen molar-refractivity contribution in [3.63, 3.8) is 0 Å². The van der Waals surface area contributed by atoms with Crippen molar-refractivity contribution in [1.29, 1.82) is 0 Å². The van der Waals surface area contributed by atoms with Gasteiger partial charge in [0.2, 0.25) is 5.28 Å². The second-order valence-electron chi connectivity index (χ2n) is 7.07. The number of aryl methyl sites for hydroxylation is 1. The first-order valence-corrected chi connectivity index (χ1v) is 11.0. The number of anilines is 1. The van der Waals surface area contributed by atoms with Crippen LogP contribution in [0, 0.1) is 0 Å². The first-order valence-electron chi connectivity index (χ1n) is 8.99. The van der Waals surface area contributed by atoms with Crippen LogP contribution in [0.3, 0.4) is 0 Å². The van der Waals surface area contributed by atoms with E-state index in [1.165, 1.54) is 4.88 Å². The van der Waals surface area contributed by atoms with E-state index in [-0.39, 0.29) is 5.28 Å². The Kier molecular flexibility index (Phi) is 8.30. The Balaban J connectivity index is 0.000000321. The Morgan fingerprint density at radius 2 is 2.14 bits per heavy atom. The lowest BCUT2D eigenvalue weighted by Crippen LogP contribution is -2.27. The Hall–Kier alpha value is -1.84. The lowest BCUT2D eigenvalue weighted by atomic mass is 10.2. The largest absolute Gasteiger partial charge is 0.454 e. The quantitative estimate of drug-likeness (QED) is 0.405. The van der Waals surface area contributed by atoms with Crippen LogP contribution in [0.5, 0.6) is 0 Å². The van der Waals surface area contributed by atoms with Crippen molar-refractivity contribution in [1.82, 2.24) is 9.97 Å². The third kappa shape index (κ3) is 7.17. The van der Waals surface area contributed by atoms with Crippen molar-refractivity contribution >= 4 is 61.9 Å². The molecule has 0 radical (unpaired) electrons. The van der Waals surface area contributed by atoms with E-state index in [0.717, 1.165) is 23.1 Å².